The largest absolute Gasteiger partial charge is 0.0859 e. The Labute approximate surface area is 188 Å². The van der Waals surface area contributed by atoms with Gasteiger partial charge >= 0.3 is 0 Å². The molecule has 0 aliphatic heterocycles. The SMILES string of the molecule is CC(C)=CCC[C@@H](C)[C@@H]1CCC2(C)C3=CCC4C(C)(C)CCCC4(C)C3CCC12C. The fourth-order valence-corrected chi connectivity index (χ4v) is 9.59. The molecule has 0 N–H and O–H groups in total. The fraction of sp³-hybridized carbons (Fsp3) is 0.867. The first-order valence-corrected chi connectivity index (χ1v) is 13.3. The molecular weight excluding hydrogens is 360 g/mol. The van der Waals surface area contributed by atoms with Crippen LogP contribution >= 0.6 is 0 Å². The van der Waals surface area contributed by atoms with Crippen LogP contribution in [0.4, 0.5) is 0 Å². The van der Waals surface area contributed by atoms with Crippen molar-refractivity contribution in [2.24, 2.45) is 45.3 Å². The van der Waals surface area contributed by atoms with Gasteiger partial charge in [-0.1, -0.05) is 71.3 Å². The fourth-order valence-electron chi connectivity index (χ4n) is 9.59. The first-order valence-electron chi connectivity index (χ1n) is 13.3. The van der Waals surface area contributed by atoms with Crippen molar-refractivity contribution in [3.63, 3.8) is 0 Å². The van der Waals surface area contributed by atoms with Crippen molar-refractivity contribution in [1.29, 1.82) is 0 Å². The molecule has 0 heterocycles. The highest BCUT2D eigenvalue weighted by Crippen LogP contribution is 2.73. The predicted molar refractivity (Wildman–Crippen MR) is 131 cm³/mol. The lowest BCUT2D eigenvalue weighted by atomic mass is 9.41. The summed E-state index contributed by atoms with van der Waals surface area (Å²) in [5.74, 6) is 3.50. The Morgan fingerprint density at radius 1 is 1.03 bits per heavy atom. The monoisotopic (exact) mass is 410 g/mol. The average molecular weight is 411 g/mol. The van der Waals surface area contributed by atoms with E-state index < -0.39 is 0 Å². The molecule has 0 bridgehead atoms. The maximum Gasteiger partial charge on any atom is -0.00568 e. The second kappa shape index (κ2) is 7.52. The standard InChI is InChI=1S/C30H50/c1-21(2)11-9-12-22(3)23-15-19-30(8)25-13-14-26-27(4,5)17-10-18-28(26,6)24(25)16-20-29(23,30)7/h11,13,22-24,26H,9-10,12,14-20H2,1-8H3/t22-,23+,24?,26?,28?,29?,30?/m1/s1. The summed E-state index contributed by atoms with van der Waals surface area (Å²) in [5, 5.41) is 0. The second-order valence-corrected chi connectivity index (χ2v) is 13.6. The van der Waals surface area contributed by atoms with Crippen LogP contribution in [0.1, 0.15) is 120 Å². The number of allylic oxidation sites excluding steroid dienone is 4. The molecule has 7 atom stereocenters. The summed E-state index contributed by atoms with van der Waals surface area (Å²) in [6, 6.07) is 0. The van der Waals surface area contributed by atoms with Gasteiger partial charge in [-0.15, -0.1) is 0 Å². The van der Waals surface area contributed by atoms with Crippen molar-refractivity contribution < 1.29 is 0 Å². The van der Waals surface area contributed by atoms with Gasteiger partial charge < -0.3 is 0 Å². The zero-order chi connectivity index (χ0) is 21.9. The summed E-state index contributed by atoms with van der Waals surface area (Å²) in [6.07, 6.45) is 19.4. The molecular formula is C30H50. The number of rotatable bonds is 4. The number of hydrogen-bond acceptors (Lipinski definition) is 0. The first kappa shape index (κ1) is 22.7. The zero-order valence-corrected chi connectivity index (χ0v) is 21.5. The van der Waals surface area contributed by atoms with E-state index in [1.54, 1.807) is 0 Å². The lowest BCUT2D eigenvalue weighted by Crippen LogP contribution is -2.55. The molecule has 0 saturated heterocycles. The number of fused-ring (bicyclic) bond motifs is 5. The molecule has 5 unspecified atom stereocenters. The van der Waals surface area contributed by atoms with E-state index in [4.69, 9.17) is 0 Å². The van der Waals surface area contributed by atoms with Crippen LogP contribution < -0.4 is 0 Å². The van der Waals surface area contributed by atoms with Crippen molar-refractivity contribution in [2.45, 2.75) is 120 Å². The van der Waals surface area contributed by atoms with E-state index in [1.165, 1.54) is 69.8 Å². The van der Waals surface area contributed by atoms with E-state index >= 15 is 0 Å². The molecule has 170 valence electrons. The third-order valence-corrected chi connectivity index (χ3v) is 11.5. The third kappa shape index (κ3) is 3.21. The average Bonchev–Trinajstić information content (AvgIpc) is 2.92. The molecule has 30 heavy (non-hydrogen) atoms. The Balaban J connectivity index is 1.62. The summed E-state index contributed by atoms with van der Waals surface area (Å²) in [4.78, 5) is 0. The Morgan fingerprint density at radius 2 is 1.77 bits per heavy atom. The molecule has 0 amide bonds. The van der Waals surface area contributed by atoms with E-state index in [0.29, 0.717) is 21.7 Å². The van der Waals surface area contributed by atoms with Crippen LogP contribution in [0, 0.1) is 45.3 Å². The van der Waals surface area contributed by atoms with Crippen LogP contribution in [0.25, 0.3) is 0 Å². The minimum atomic E-state index is 0.445. The lowest BCUT2D eigenvalue weighted by molar-refractivity contribution is -0.0798. The Kier molecular flexibility index (Phi) is 5.68. The van der Waals surface area contributed by atoms with E-state index in [-0.39, 0.29) is 0 Å². The van der Waals surface area contributed by atoms with Gasteiger partial charge in [0.1, 0.15) is 0 Å². The van der Waals surface area contributed by atoms with Crippen molar-refractivity contribution in [3.05, 3.63) is 23.3 Å². The van der Waals surface area contributed by atoms with Gasteiger partial charge in [-0.05, 0) is 117 Å². The van der Waals surface area contributed by atoms with Crippen LogP contribution in [0.15, 0.2) is 23.3 Å². The van der Waals surface area contributed by atoms with E-state index in [1.807, 2.05) is 5.57 Å². The molecule has 3 saturated carbocycles. The predicted octanol–water partition coefficient (Wildman–Crippen LogP) is 9.36. The van der Waals surface area contributed by atoms with Gasteiger partial charge in [0.05, 0.1) is 0 Å². The van der Waals surface area contributed by atoms with Crippen LogP contribution in [-0.4, -0.2) is 0 Å². The normalized spacial score (nSPS) is 45.6. The second-order valence-electron chi connectivity index (χ2n) is 13.6. The molecule has 0 spiro atoms. The maximum atomic E-state index is 2.80. The van der Waals surface area contributed by atoms with Crippen molar-refractivity contribution >= 4 is 0 Å². The van der Waals surface area contributed by atoms with Crippen molar-refractivity contribution in [2.75, 3.05) is 0 Å². The van der Waals surface area contributed by atoms with Crippen LogP contribution in [0.2, 0.25) is 0 Å². The van der Waals surface area contributed by atoms with E-state index in [2.05, 4.69) is 67.5 Å². The van der Waals surface area contributed by atoms with Gasteiger partial charge in [0.25, 0.3) is 0 Å². The highest BCUT2D eigenvalue weighted by Gasteiger charge is 2.64. The minimum Gasteiger partial charge on any atom is -0.0859 e. The summed E-state index contributed by atoms with van der Waals surface area (Å²) < 4.78 is 0. The molecule has 0 nitrogen and oxygen atoms in total. The third-order valence-electron chi connectivity index (χ3n) is 11.5. The van der Waals surface area contributed by atoms with E-state index in [9.17, 15) is 0 Å². The molecule has 0 aromatic carbocycles. The van der Waals surface area contributed by atoms with Crippen LogP contribution in [-0.2, 0) is 0 Å². The smallest absolute Gasteiger partial charge is 0.00568 e. The molecule has 4 aliphatic rings. The van der Waals surface area contributed by atoms with Crippen molar-refractivity contribution in [1.82, 2.24) is 0 Å². The highest BCUT2D eigenvalue weighted by molar-refractivity contribution is 5.33. The molecule has 0 aromatic heterocycles. The van der Waals surface area contributed by atoms with E-state index in [0.717, 1.165) is 23.7 Å². The van der Waals surface area contributed by atoms with Gasteiger partial charge in [-0.3, -0.25) is 0 Å². The molecule has 4 rings (SSSR count). The van der Waals surface area contributed by atoms with Crippen LogP contribution in [0.3, 0.4) is 0 Å². The number of hydrogen-bond donors (Lipinski definition) is 0. The summed E-state index contributed by atoms with van der Waals surface area (Å²) in [6.45, 7) is 20.3. The molecule has 0 radical (unpaired) electrons. The minimum absolute atomic E-state index is 0.445. The van der Waals surface area contributed by atoms with Crippen LogP contribution in [0.5, 0.6) is 0 Å². The van der Waals surface area contributed by atoms with Gasteiger partial charge in [-0.25, -0.2) is 0 Å². The zero-order valence-electron chi connectivity index (χ0n) is 21.5. The summed E-state index contributed by atoms with van der Waals surface area (Å²) >= 11 is 0. The topological polar surface area (TPSA) is 0 Å². The van der Waals surface area contributed by atoms with Gasteiger partial charge in [0, 0.05) is 0 Å². The maximum absolute atomic E-state index is 2.80. The Bertz CT molecular complexity index is 718. The Hall–Kier alpha value is -0.520. The quantitative estimate of drug-likeness (QED) is 0.405. The first-order chi connectivity index (χ1) is 14.0. The van der Waals surface area contributed by atoms with Crippen molar-refractivity contribution in [3.8, 4) is 0 Å². The van der Waals surface area contributed by atoms with Gasteiger partial charge in [0.15, 0.2) is 0 Å². The Morgan fingerprint density at radius 3 is 2.47 bits per heavy atom. The molecule has 0 aromatic rings. The summed E-state index contributed by atoms with van der Waals surface area (Å²) in [5.41, 5.74) is 5.42. The summed E-state index contributed by atoms with van der Waals surface area (Å²) in [7, 11) is 0. The molecule has 0 heteroatoms. The van der Waals surface area contributed by atoms with Gasteiger partial charge in [-0.2, -0.15) is 0 Å². The molecule has 3 fully saturated rings. The van der Waals surface area contributed by atoms with Gasteiger partial charge in [0.2, 0.25) is 0 Å². The lowest BCUT2D eigenvalue weighted by Gasteiger charge is -2.63. The highest BCUT2D eigenvalue weighted by atomic mass is 14.7. The molecule has 4 aliphatic carbocycles.